The van der Waals surface area contributed by atoms with E-state index in [1.807, 2.05) is 51.1 Å². The fraction of sp³-hybridized carbons (Fsp3) is 0.250. The number of carbonyl (C=O) groups excluding carboxylic acids is 1. The number of aromatic nitrogens is 3. The highest BCUT2D eigenvalue weighted by Crippen LogP contribution is 2.27. The predicted octanol–water partition coefficient (Wildman–Crippen LogP) is 3.82. The molecule has 3 aromatic rings. The number of amides is 1. The summed E-state index contributed by atoms with van der Waals surface area (Å²) in [5.74, 6) is -0.100. The number of fused-ring (bicyclic) bond motifs is 1. The zero-order valence-corrected chi connectivity index (χ0v) is 14.7. The molecule has 3 rings (SSSR count). The molecule has 118 valence electrons. The van der Waals surface area contributed by atoms with Crippen molar-refractivity contribution in [2.45, 2.75) is 31.2 Å². The molecule has 1 atom stereocenters. The number of thiazole rings is 1. The Labute approximate surface area is 142 Å². The SMILES string of the molecule is Cc1cc(C)nc(SC(C)C(=O)Nc2nc3ccccc3s2)n1. The average Bonchev–Trinajstić information content (AvgIpc) is 2.88. The molecule has 0 radical (unpaired) electrons. The molecule has 7 heteroatoms. The number of anilines is 1. The molecule has 0 aliphatic rings. The van der Waals surface area contributed by atoms with Gasteiger partial charge in [-0.3, -0.25) is 4.79 Å². The Kier molecular flexibility index (Phi) is 4.58. The third kappa shape index (κ3) is 3.86. The number of aryl methyl sites for hydroxylation is 2. The Morgan fingerprint density at radius 1 is 1.17 bits per heavy atom. The van der Waals surface area contributed by atoms with Crippen LogP contribution < -0.4 is 5.32 Å². The van der Waals surface area contributed by atoms with E-state index in [1.165, 1.54) is 23.1 Å². The molecule has 2 aromatic heterocycles. The van der Waals surface area contributed by atoms with Gasteiger partial charge in [0, 0.05) is 11.4 Å². The summed E-state index contributed by atoms with van der Waals surface area (Å²) in [6.45, 7) is 5.68. The quantitative estimate of drug-likeness (QED) is 0.575. The number of nitrogens with one attached hydrogen (secondary N) is 1. The molecule has 5 nitrogen and oxygen atoms in total. The van der Waals surface area contributed by atoms with E-state index in [1.54, 1.807) is 0 Å². The lowest BCUT2D eigenvalue weighted by atomic mass is 10.3. The van der Waals surface area contributed by atoms with Crippen LogP contribution in [0.4, 0.5) is 5.13 Å². The van der Waals surface area contributed by atoms with E-state index in [9.17, 15) is 4.79 Å². The molecule has 1 unspecified atom stereocenters. The first-order valence-electron chi connectivity index (χ1n) is 7.16. The zero-order chi connectivity index (χ0) is 16.4. The van der Waals surface area contributed by atoms with E-state index in [2.05, 4.69) is 20.3 Å². The molecular formula is C16H16N4OS2. The van der Waals surface area contributed by atoms with Crippen LogP contribution >= 0.6 is 23.1 Å². The zero-order valence-electron chi connectivity index (χ0n) is 13.0. The lowest BCUT2D eigenvalue weighted by Crippen LogP contribution is -2.22. The second-order valence-electron chi connectivity index (χ2n) is 5.17. The summed E-state index contributed by atoms with van der Waals surface area (Å²) in [6, 6.07) is 9.73. The van der Waals surface area contributed by atoms with Crippen molar-refractivity contribution in [3.05, 3.63) is 41.7 Å². The van der Waals surface area contributed by atoms with E-state index < -0.39 is 0 Å². The van der Waals surface area contributed by atoms with E-state index >= 15 is 0 Å². The lowest BCUT2D eigenvalue weighted by molar-refractivity contribution is -0.115. The third-order valence-electron chi connectivity index (χ3n) is 3.14. The first kappa shape index (κ1) is 15.9. The van der Waals surface area contributed by atoms with Gasteiger partial charge in [0.2, 0.25) is 5.91 Å². The fourth-order valence-electron chi connectivity index (χ4n) is 2.09. The van der Waals surface area contributed by atoms with Crippen LogP contribution in [-0.4, -0.2) is 26.1 Å². The van der Waals surface area contributed by atoms with Crippen molar-refractivity contribution in [2.24, 2.45) is 0 Å². The van der Waals surface area contributed by atoms with Gasteiger partial charge in [-0.2, -0.15) is 0 Å². The second-order valence-corrected chi connectivity index (χ2v) is 7.51. The summed E-state index contributed by atoms with van der Waals surface area (Å²) < 4.78 is 1.06. The van der Waals surface area contributed by atoms with Crippen molar-refractivity contribution < 1.29 is 4.79 Å². The Morgan fingerprint density at radius 3 is 2.57 bits per heavy atom. The Morgan fingerprint density at radius 2 is 1.87 bits per heavy atom. The van der Waals surface area contributed by atoms with E-state index in [0.717, 1.165) is 21.6 Å². The van der Waals surface area contributed by atoms with Crippen LogP contribution in [0.2, 0.25) is 0 Å². The molecule has 0 aliphatic carbocycles. The van der Waals surface area contributed by atoms with E-state index in [0.29, 0.717) is 10.3 Å². The lowest BCUT2D eigenvalue weighted by Gasteiger charge is -2.10. The van der Waals surface area contributed by atoms with Gasteiger partial charge in [-0.15, -0.1) is 0 Å². The number of hydrogen-bond donors (Lipinski definition) is 1. The van der Waals surface area contributed by atoms with Crippen LogP contribution in [0.5, 0.6) is 0 Å². The summed E-state index contributed by atoms with van der Waals surface area (Å²) in [5.41, 5.74) is 2.70. The molecule has 0 saturated heterocycles. The summed E-state index contributed by atoms with van der Waals surface area (Å²) in [6.07, 6.45) is 0. The maximum absolute atomic E-state index is 12.3. The highest BCUT2D eigenvalue weighted by Gasteiger charge is 2.18. The summed E-state index contributed by atoms with van der Waals surface area (Å²) in [5, 5.41) is 3.81. The van der Waals surface area contributed by atoms with Crippen molar-refractivity contribution in [3.63, 3.8) is 0 Å². The second kappa shape index (κ2) is 6.64. The van der Waals surface area contributed by atoms with Crippen LogP contribution in [0.15, 0.2) is 35.5 Å². The summed E-state index contributed by atoms with van der Waals surface area (Å²) in [7, 11) is 0. The van der Waals surface area contributed by atoms with Gasteiger partial charge in [0.1, 0.15) is 0 Å². The average molecular weight is 344 g/mol. The number of carbonyl (C=O) groups is 1. The Hall–Kier alpha value is -1.99. The van der Waals surface area contributed by atoms with Gasteiger partial charge in [0.25, 0.3) is 0 Å². The number of thioether (sulfide) groups is 1. The Balaban J connectivity index is 1.69. The molecule has 1 aromatic carbocycles. The molecule has 1 amide bonds. The van der Waals surface area contributed by atoms with Crippen molar-refractivity contribution in [1.82, 2.24) is 15.0 Å². The van der Waals surface area contributed by atoms with Gasteiger partial charge in [-0.1, -0.05) is 35.2 Å². The smallest absolute Gasteiger partial charge is 0.239 e. The minimum atomic E-state index is -0.303. The molecule has 0 bridgehead atoms. The van der Waals surface area contributed by atoms with Crippen molar-refractivity contribution in [2.75, 3.05) is 5.32 Å². The molecule has 2 heterocycles. The summed E-state index contributed by atoms with van der Waals surface area (Å²) in [4.78, 5) is 25.5. The number of nitrogens with zero attached hydrogens (tertiary/aromatic N) is 3. The monoisotopic (exact) mass is 344 g/mol. The maximum atomic E-state index is 12.3. The van der Waals surface area contributed by atoms with Gasteiger partial charge in [0.05, 0.1) is 15.5 Å². The van der Waals surface area contributed by atoms with Gasteiger partial charge < -0.3 is 5.32 Å². The topological polar surface area (TPSA) is 67.8 Å². The first-order chi connectivity index (χ1) is 11.0. The molecule has 0 aliphatic heterocycles. The van der Waals surface area contributed by atoms with Crippen molar-refractivity contribution >= 4 is 44.4 Å². The van der Waals surface area contributed by atoms with Crippen LogP contribution in [0, 0.1) is 13.8 Å². The number of para-hydroxylation sites is 1. The normalized spacial score (nSPS) is 12.3. The maximum Gasteiger partial charge on any atom is 0.239 e. The van der Waals surface area contributed by atoms with Crippen LogP contribution in [0.1, 0.15) is 18.3 Å². The first-order valence-corrected chi connectivity index (χ1v) is 8.86. The van der Waals surface area contributed by atoms with Crippen LogP contribution in [0.3, 0.4) is 0 Å². The number of rotatable bonds is 4. The van der Waals surface area contributed by atoms with Crippen LogP contribution in [0.25, 0.3) is 10.2 Å². The van der Waals surface area contributed by atoms with Gasteiger partial charge >= 0.3 is 0 Å². The minimum absolute atomic E-state index is 0.100. The van der Waals surface area contributed by atoms with Gasteiger partial charge in [-0.25, -0.2) is 15.0 Å². The molecule has 1 N–H and O–H groups in total. The molecule has 0 spiro atoms. The van der Waals surface area contributed by atoms with Crippen molar-refractivity contribution in [3.8, 4) is 0 Å². The molecule has 23 heavy (non-hydrogen) atoms. The van der Waals surface area contributed by atoms with Crippen molar-refractivity contribution in [1.29, 1.82) is 0 Å². The standard InChI is InChI=1S/C16H16N4OS2/c1-9-8-10(2)18-15(17-9)22-11(3)14(21)20-16-19-12-6-4-5-7-13(12)23-16/h4-8,11H,1-3H3,(H,19,20,21). The largest absolute Gasteiger partial charge is 0.301 e. The highest BCUT2D eigenvalue weighted by molar-refractivity contribution is 8.00. The predicted molar refractivity (Wildman–Crippen MR) is 95.1 cm³/mol. The molecular weight excluding hydrogens is 328 g/mol. The summed E-state index contributed by atoms with van der Waals surface area (Å²) >= 11 is 2.82. The van der Waals surface area contributed by atoms with Crippen LogP contribution in [-0.2, 0) is 4.79 Å². The number of benzene rings is 1. The fourth-order valence-corrected chi connectivity index (χ4v) is 3.83. The molecule has 0 saturated carbocycles. The Bertz CT molecular complexity index is 809. The minimum Gasteiger partial charge on any atom is -0.301 e. The number of hydrogen-bond acceptors (Lipinski definition) is 6. The van der Waals surface area contributed by atoms with Gasteiger partial charge in [-0.05, 0) is 39.0 Å². The molecule has 0 fully saturated rings. The highest BCUT2D eigenvalue weighted by atomic mass is 32.2. The van der Waals surface area contributed by atoms with E-state index in [-0.39, 0.29) is 11.2 Å². The van der Waals surface area contributed by atoms with E-state index in [4.69, 9.17) is 0 Å². The van der Waals surface area contributed by atoms with Gasteiger partial charge in [0.15, 0.2) is 10.3 Å². The third-order valence-corrected chi connectivity index (χ3v) is 5.05.